The molecule has 0 fully saturated rings. The zero-order chi connectivity index (χ0) is 14.2. The molecule has 0 bridgehead atoms. The Labute approximate surface area is 124 Å². The van der Waals surface area contributed by atoms with E-state index < -0.39 is 0 Å². The zero-order valence-corrected chi connectivity index (χ0v) is 12.7. The van der Waals surface area contributed by atoms with Crippen molar-refractivity contribution in [1.82, 2.24) is 10.6 Å². The molecule has 5 heteroatoms. The molecule has 0 radical (unpaired) electrons. The van der Waals surface area contributed by atoms with Gasteiger partial charge in [0.15, 0.2) is 0 Å². The van der Waals surface area contributed by atoms with Crippen molar-refractivity contribution in [3.63, 3.8) is 0 Å². The van der Waals surface area contributed by atoms with Gasteiger partial charge >= 0.3 is 0 Å². The molecule has 1 aromatic carbocycles. The number of benzene rings is 1. The molecule has 0 spiro atoms. The van der Waals surface area contributed by atoms with Gasteiger partial charge in [-0.05, 0) is 18.1 Å². The van der Waals surface area contributed by atoms with Crippen molar-refractivity contribution < 1.29 is 9.53 Å². The van der Waals surface area contributed by atoms with Gasteiger partial charge in [0.2, 0.25) is 5.91 Å². The van der Waals surface area contributed by atoms with Gasteiger partial charge in [0.25, 0.3) is 0 Å². The molecule has 0 aliphatic carbocycles. The van der Waals surface area contributed by atoms with Crippen molar-refractivity contribution in [1.29, 1.82) is 0 Å². The highest BCUT2D eigenvalue weighted by Crippen LogP contribution is 2.36. The lowest BCUT2D eigenvalue weighted by atomic mass is 10.1. The number of hydrogen-bond acceptors (Lipinski definition) is 4. The summed E-state index contributed by atoms with van der Waals surface area (Å²) < 4.78 is 4.88. The summed E-state index contributed by atoms with van der Waals surface area (Å²) in [4.78, 5) is 12.9. The van der Waals surface area contributed by atoms with Crippen LogP contribution in [-0.4, -0.2) is 44.5 Å². The second-order valence-electron chi connectivity index (χ2n) is 4.85. The van der Waals surface area contributed by atoms with Crippen molar-refractivity contribution in [3.05, 3.63) is 29.8 Å². The van der Waals surface area contributed by atoms with Crippen LogP contribution in [0.3, 0.4) is 0 Å². The van der Waals surface area contributed by atoms with Crippen molar-refractivity contribution in [2.75, 3.05) is 33.4 Å². The summed E-state index contributed by atoms with van der Waals surface area (Å²) >= 11 is 1.93. The van der Waals surface area contributed by atoms with E-state index in [0.29, 0.717) is 24.8 Å². The van der Waals surface area contributed by atoms with Gasteiger partial charge < -0.3 is 15.4 Å². The monoisotopic (exact) mass is 294 g/mol. The van der Waals surface area contributed by atoms with Crippen LogP contribution in [0.5, 0.6) is 0 Å². The third kappa shape index (κ3) is 4.81. The fourth-order valence-corrected chi connectivity index (χ4v) is 3.50. The molecule has 20 heavy (non-hydrogen) atoms. The number of nitrogens with one attached hydrogen (secondary N) is 2. The van der Waals surface area contributed by atoms with Crippen molar-refractivity contribution in [2.45, 2.75) is 23.0 Å². The summed E-state index contributed by atoms with van der Waals surface area (Å²) in [6.07, 6.45) is 1.64. The minimum absolute atomic E-state index is 0.0805. The predicted molar refractivity (Wildman–Crippen MR) is 82.2 cm³/mol. The van der Waals surface area contributed by atoms with Gasteiger partial charge in [-0.25, -0.2) is 0 Å². The van der Waals surface area contributed by atoms with Crippen LogP contribution in [0.25, 0.3) is 0 Å². The van der Waals surface area contributed by atoms with Crippen LogP contribution >= 0.6 is 11.8 Å². The van der Waals surface area contributed by atoms with Crippen molar-refractivity contribution in [3.8, 4) is 0 Å². The van der Waals surface area contributed by atoms with Gasteiger partial charge in [-0.1, -0.05) is 18.2 Å². The SMILES string of the molecule is COCCNC(=O)CCNCC1Cc2ccccc2S1. The van der Waals surface area contributed by atoms with Gasteiger partial charge in [-0.15, -0.1) is 11.8 Å². The lowest BCUT2D eigenvalue weighted by Crippen LogP contribution is -2.32. The second kappa shape index (κ2) is 8.29. The third-order valence-electron chi connectivity index (χ3n) is 3.24. The number of ether oxygens (including phenoxy) is 1. The number of carbonyl (C=O) groups excluding carboxylic acids is 1. The Hall–Kier alpha value is -1.04. The standard InChI is InChI=1S/C15H22N2O2S/c1-19-9-8-17-15(18)6-7-16-11-13-10-12-4-2-3-5-14(12)20-13/h2-5,13,16H,6-11H2,1H3,(H,17,18). The first-order valence-corrected chi connectivity index (χ1v) is 7.88. The molecular formula is C15H22N2O2S. The average molecular weight is 294 g/mol. The van der Waals surface area contributed by atoms with E-state index >= 15 is 0 Å². The molecule has 1 unspecified atom stereocenters. The maximum Gasteiger partial charge on any atom is 0.221 e. The van der Waals surface area contributed by atoms with Crippen LogP contribution in [0.4, 0.5) is 0 Å². The summed E-state index contributed by atoms with van der Waals surface area (Å²) in [5.41, 5.74) is 1.45. The fourth-order valence-electron chi connectivity index (χ4n) is 2.21. The Morgan fingerprint density at radius 2 is 2.25 bits per heavy atom. The van der Waals surface area contributed by atoms with E-state index in [1.54, 1.807) is 7.11 Å². The molecule has 1 aliphatic rings. The molecule has 1 aliphatic heterocycles. The number of hydrogen-bond donors (Lipinski definition) is 2. The molecule has 2 rings (SSSR count). The topological polar surface area (TPSA) is 50.4 Å². The normalized spacial score (nSPS) is 16.9. The minimum Gasteiger partial charge on any atom is -0.383 e. The molecule has 0 saturated carbocycles. The summed E-state index contributed by atoms with van der Waals surface area (Å²) in [6.45, 7) is 2.83. The third-order valence-corrected chi connectivity index (χ3v) is 4.56. The molecule has 1 amide bonds. The molecule has 1 atom stereocenters. The number of methoxy groups -OCH3 is 1. The lowest BCUT2D eigenvalue weighted by molar-refractivity contribution is -0.121. The van der Waals surface area contributed by atoms with Crippen molar-refractivity contribution >= 4 is 17.7 Å². The van der Waals surface area contributed by atoms with E-state index in [9.17, 15) is 4.79 Å². The Kier molecular flexibility index (Phi) is 6.36. The highest BCUT2D eigenvalue weighted by atomic mass is 32.2. The predicted octanol–water partition coefficient (Wildman–Crippen LogP) is 1.45. The number of thioether (sulfide) groups is 1. The van der Waals surface area contributed by atoms with E-state index in [2.05, 4.69) is 34.9 Å². The summed E-state index contributed by atoms with van der Waals surface area (Å²) in [5.74, 6) is 0.0805. The van der Waals surface area contributed by atoms with Gasteiger partial charge in [0.1, 0.15) is 0 Å². The molecule has 0 aromatic heterocycles. The Morgan fingerprint density at radius 3 is 3.05 bits per heavy atom. The number of fused-ring (bicyclic) bond motifs is 1. The second-order valence-corrected chi connectivity index (χ2v) is 6.19. The highest BCUT2D eigenvalue weighted by molar-refractivity contribution is 8.00. The van der Waals surface area contributed by atoms with E-state index in [1.165, 1.54) is 10.5 Å². The van der Waals surface area contributed by atoms with E-state index in [1.807, 2.05) is 11.8 Å². The smallest absolute Gasteiger partial charge is 0.221 e. The zero-order valence-electron chi connectivity index (χ0n) is 11.9. The molecule has 0 saturated heterocycles. The maximum atomic E-state index is 11.5. The van der Waals surface area contributed by atoms with Gasteiger partial charge in [0, 0.05) is 43.3 Å². The van der Waals surface area contributed by atoms with E-state index in [-0.39, 0.29) is 5.91 Å². The van der Waals surface area contributed by atoms with Gasteiger partial charge in [0.05, 0.1) is 6.61 Å². The molecular weight excluding hydrogens is 272 g/mol. The number of carbonyl (C=O) groups is 1. The van der Waals surface area contributed by atoms with E-state index in [4.69, 9.17) is 4.74 Å². The fraction of sp³-hybridized carbons (Fsp3) is 0.533. The van der Waals surface area contributed by atoms with Crippen LogP contribution < -0.4 is 10.6 Å². The largest absolute Gasteiger partial charge is 0.383 e. The highest BCUT2D eigenvalue weighted by Gasteiger charge is 2.20. The molecule has 1 aromatic rings. The van der Waals surface area contributed by atoms with E-state index in [0.717, 1.165) is 19.5 Å². The van der Waals surface area contributed by atoms with Crippen LogP contribution in [0, 0.1) is 0 Å². The molecule has 1 heterocycles. The lowest BCUT2D eigenvalue weighted by Gasteiger charge is -2.10. The van der Waals surface area contributed by atoms with Crippen LogP contribution in [0.15, 0.2) is 29.2 Å². The first-order valence-electron chi connectivity index (χ1n) is 7.00. The van der Waals surface area contributed by atoms with Crippen LogP contribution in [0.2, 0.25) is 0 Å². The molecule has 4 nitrogen and oxygen atoms in total. The summed E-state index contributed by atoms with van der Waals surface area (Å²) in [7, 11) is 1.63. The first-order chi connectivity index (χ1) is 9.79. The first kappa shape index (κ1) is 15.4. The average Bonchev–Trinajstić information content (AvgIpc) is 2.86. The summed E-state index contributed by atoms with van der Waals surface area (Å²) in [6, 6.07) is 8.57. The number of rotatable bonds is 8. The minimum atomic E-state index is 0.0805. The van der Waals surface area contributed by atoms with Gasteiger partial charge in [-0.2, -0.15) is 0 Å². The quantitative estimate of drug-likeness (QED) is 0.713. The van der Waals surface area contributed by atoms with Crippen LogP contribution in [-0.2, 0) is 16.0 Å². The molecule has 110 valence electrons. The van der Waals surface area contributed by atoms with Crippen molar-refractivity contribution in [2.24, 2.45) is 0 Å². The van der Waals surface area contributed by atoms with Crippen LogP contribution in [0.1, 0.15) is 12.0 Å². The Morgan fingerprint density at radius 1 is 1.40 bits per heavy atom. The summed E-state index contributed by atoms with van der Waals surface area (Å²) in [5, 5.41) is 6.77. The molecule has 2 N–H and O–H groups in total. The maximum absolute atomic E-state index is 11.5. The Balaban J connectivity index is 1.56. The number of amides is 1. The Bertz CT molecular complexity index is 415. The van der Waals surface area contributed by atoms with Gasteiger partial charge in [-0.3, -0.25) is 4.79 Å².